The fraction of sp³-hybridized carbons (Fsp3) is 0.667. The van der Waals surface area contributed by atoms with Crippen molar-refractivity contribution in [2.45, 2.75) is 52.8 Å². The highest BCUT2D eigenvalue weighted by Gasteiger charge is 2.33. The van der Waals surface area contributed by atoms with Crippen molar-refractivity contribution in [2.24, 2.45) is 0 Å². The van der Waals surface area contributed by atoms with Gasteiger partial charge in [0.1, 0.15) is 5.60 Å². The van der Waals surface area contributed by atoms with Crippen LogP contribution >= 0.6 is 11.3 Å². The van der Waals surface area contributed by atoms with E-state index in [2.05, 4.69) is 25.2 Å². The Bertz CT molecular complexity index is 485. The van der Waals surface area contributed by atoms with Crippen LogP contribution in [0.4, 0.5) is 4.79 Å². The predicted molar refractivity (Wildman–Crippen MR) is 82.2 cm³/mol. The van der Waals surface area contributed by atoms with Crippen molar-refractivity contribution < 1.29 is 9.53 Å². The molecule has 0 aliphatic carbocycles. The van der Waals surface area contributed by atoms with Crippen molar-refractivity contribution >= 4 is 17.4 Å². The molecule has 0 radical (unpaired) electrons. The zero-order valence-electron chi connectivity index (χ0n) is 12.9. The summed E-state index contributed by atoms with van der Waals surface area (Å²) in [5.74, 6) is 0. The van der Waals surface area contributed by atoms with Gasteiger partial charge in [0.05, 0.1) is 0 Å². The summed E-state index contributed by atoms with van der Waals surface area (Å²) in [4.78, 5) is 16.3. The van der Waals surface area contributed by atoms with E-state index in [9.17, 15) is 4.79 Å². The van der Waals surface area contributed by atoms with Crippen molar-refractivity contribution in [2.75, 3.05) is 13.1 Å². The number of likely N-dealkylation sites (tertiary alicyclic amines) is 1. The topological polar surface area (TPSA) is 41.6 Å². The van der Waals surface area contributed by atoms with Gasteiger partial charge in [-0.3, -0.25) is 0 Å². The minimum absolute atomic E-state index is 0.210. The molecule has 0 bridgehead atoms. The van der Waals surface area contributed by atoms with Crippen LogP contribution in [0.25, 0.3) is 0 Å². The summed E-state index contributed by atoms with van der Waals surface area (Å²) in [7, 11) is 0. The van der Waals surface area contributed by atoms with Gasteiger partial charge in [-0.05, 0) is 46.2 Å². The highest BCUT2D eigenvalue weighted by Crippen LogP contribution is 2.21. The first-order valence-corrected chi connectivity index (χ1v) is 7.83. The monoisotopic (exact) mass is 296 g/mol. The number of carbonyl (C=O) groups is 1. The number of hydrogen-bond acceptors (Lipinski definition) is 4. The summed E-state index contributed by atoms with van der Waals surface area (Å²) in [6.07, 6.45) is -0.210. The third-order valence-corrected chi connectivity index (χ3v) is 4.27. The maximum atomic E-state index is 11.8. The first kappa shape index (κ1) is 15.3. The largest absolute Gasteiger partial charge is 0.444 e. The summed E-state index contributed by atoms with van der Waals surface area (Å²) in [6.45, 7) is 12.3. The van der Waals surface area contributed by atoms with Crippen molar-refractivity contribution in [3.8, 4) is 0 Å². The Morgan fingerprint density at radius 3 is 2.60 bits per heavy atom. The molecule has 1 amide bonds. The zero-order chi connectivity index (χ0) is 14.9. The second-order valence-electron chi connectivity index (χ2n) is 6.40. The lowest BCUT2D eigenvalue weighted by molar-refractivity contribution is 0.00518. The molecule has 1 aromatic rings. The van der Waals surface area contributed by atoms with Gasteiger partial charge in [-0.1, -0.05) is 0 Å². The lowest BCUT2D eigenvalue weighted by Crippen LogP contribution is -2.60. The van der Waals surface area contributed by atoms with E-state index in [1.165, 1.54) is 15.3 Å². The molecule has 1 fully saturated rings. The molecule has 2 heterocycles. The summed E-state index contributed by atoms with van der Waals surface area (Å²) in [5.41, 5.74) is 0.948. The Balaban J connectivity index is 1.72. The Morgan fingerprint density at radius 1 is 1.45 bits per heavy atom. The van der Waals surface area contributed by atoms with Gasteiger partial charge in [-0.15, -0.1) is 11.3 Å². The lowest BCUT2D eigenvalue weighted by Gasteiger charge is -2.40. The number of rotatable bonds is 3. The van der Waals surface area contributed by atoms with Gasteiger partial charge in [0.15, 0.2) is 0 Å². The van der Waals surface area contributed by atoms with E-state index in [4.69, 9.17) is 4.74 Å². The molecule has 4 nitrogen and oxygen atoms in total. The molecule has 0 aromatic carbocycles. The maximum absolute atomic E-state index is 11.8. The molecule has 20 heavy (non-hydrogen) atoms. The second-order valence-corrected chi connectivity index (χ2v) is 7.86. The van der Waals surface area contributed by atoms with E-state index < -0.39 is 5.60 Å². The Morgan fingerprint density at radius 2 is 2.10 bits per heavy atom. The summed E-state index contributed by atoms with van der Waals surface area (Å²) in [5, 5.41) is 3.49. The van der Waals surface area contributed by atoms with Crippen LogP contribution in [-0.4, -0.2) is 35.7 Å². The van der Waals surface area contributed by atoms with Gasteiger partial charge in [0, 0.05) is 35.4 Å². The molecule has 0 unspecified atom stereocenters. The summed E-state index contributed by atoms with van der Waals surface area (Å²) >= 11 is 1.83. The van der Waals surface area contributed by atoms with Gasteiger partial charge in [0.25, 0.3) is 0 Å². The van der Waals surface area contributed by atoms with E-state index >= 15 is 0 Å². The van der Waals surface area contributed by atoms with Crippen LogP contribution in [0.2, 0.25) is 0 Å². The van der Waals surface area contributed by atoms with E-state index in [0.717, 1.165) is 19.6 Å². The molecule has 112 valence electrons. The van der Waals surface area contributed by atoms with Crippen LogP contribution in [0.15, 0.2) is 6.07 Å². The minimum atomic E-state index is -0.416. The van der Waals surface area contributed by atoms with Gasteiger partial charge in [0.2, 0.25) is 0 Å². The predicted octanol–water partition coefficient (Wildman–Crippen LogP) is 3.07. The van der Waals surface area contributed by atoms with E-state index in [1.807, 2.05) is 32.1 Å². The third kappa shape index (κ3) is 3.96. The van der Waals surface area contributed by atoms with E-state index in [1.54, 1.807) is 4.90 Å². The normalized spacial score (nSPS) is 16.1. The molecule has 2 rings (SSSR count). The number of hydrogen-bond donors (Lipinski definition) is 1. The minimum Gasteiger partial charge on any atom is -0.444 e. The number of carbonyl (C=O) groups excluding carboxylic acids is 1. The number of aryl methyl sites for hydroxylation is 2. The quantitative estimate of drug-likeness (QED) is 0.932. The lowest BCUT2D eigenvalue weighted by atomic mass is 10.1. The van der Waals surface area contributed by atoms with Crippen LogP contribution in [0.3, 0.4) is 0 Å². The third-order valence-electron chi connectivity index (χ3n) is 3.26. The molecule has 0 spiro atoms. The molecule has 1 aliphatic rings. The van der Waals surface area contributed by atoms with Gasteiger partial charge >= 0.3 is 6.09 Å². The highest BCUT2D eigenvalue weighted by atomic mass is 32.1. The molecular weight excluding hydrogens is 272 g/mol. The standard InChI is InChI=1S/C15H24N2O2S/c1-10-6-12(11(2)20-10)7-16-13-8-17(9-13)14(18)19-15(3,4)5/h6,13,16H,7-9H2,1-5H3. The van der Waals surface area contributed by atoms with E-state index in [-0.39, 0.29) is 6.09 Å². The van der Waals surface area contributed by atoms with Crippen LogP contribution < -0.4 is 5.32 Å². The van der Waals surface area contributed by atoms with Crippen LogP contribution in [-0.2, 0) is 11.3 Å². The van der Waals surface area contributed by atoms with Crippen molar-refractivity contribution in [1.29, 1.82) is 0 Å². The van der Waals surface area contributed by atoms with Crippen molar-refractivity contribution in [1.82, 2.24) is 10.2 Å². The Labute approximate surface area is 125 Å². The number of amides is 1. The number of ether oxygens (including phenoxy) is 1. The molecule has 5 heteroatoms. The highest BCUT2D eigenvalue weighted by molar-refractivity contribution is 7.12. The molecule has 1 aromatic heterocycles. The summed E-state index contributed by atoms with van der Waals surface area (Å²) in [6, 6.07) is 2.61. The molecule has 0 atom stereocenters. The molecule has 1 aliphatic heterocycles. The summed E-state index contributed by atoms with van der Waals surface area (Å²) < 4.78 is 5.34. The first-order chi connectivity index (χ1) is 9.24. The average molecular weight is 296 g/mol. The van der Waals surface area contributed by atoms with Crippen molar-refractivity contribution in [3.05, 3.63) is 21.4 Å². The number of nitrogens with one attached hydrogen (secondary N) is 1. The number of nitrogens with zero attached hydrogens (tertiary/aromatic N) is 1. The molecule has 1 N–H and O–H groups in total. The van der Waals surface area contributed by atoms with E-state index in [0.29, 0.717) is 6.04 Å². The van der Waals surface area contributed by atoms with Gasteiger partial charge in [-0.25, -0.2) is 4.79 Å². The average Bonchev–Trinajstić information content (AvgIpc) is 2.52. The maximum Gasteiger partial charge on any atom is 0.410 e. The fourth-order valence-corrected chi connectivity index (χ4v) is 3.14. The second kappa shape index (κ2) is 5.74. The molecule has 1 saturated heterocycles. The first-order valence-electron chi connectivity index (χ1n) is 7.02. The van der Waals surface area contributed by atoms with Crippen LogP contribution in [0.1, 0.15) is 36.1 Å². The Kier molecular flexibility index (Phi) is 4.39. The fourth-order valence-electron chi connectivity index (χ4n) is 2.20. The number of thiophene rings is 1. The zero-order valence-corrected chi connectivity index (χ0v) is 13.8. The smallest absolute Gasteiger partial charge is 0.410 e. The molecular formula is C15H24N2O2S. The molecule has 0 saturated carbocycles. The Hall–Kier alpha value is -1.07. The van der Waals surface area contributed by atoms with Crippen LogP contribution in [0, 0.1) is 13.8 Å². The van der Waals surface area contributed by atoms with Crippen LogP contribution in [0.5, 0.6) is 0 Å². The van der Waals surface area contributed by atoms with Gasteiger partial charge < -0.3 is 15.0 Å². The van der Waals surface area contributed by atoms with Crippen molar-refractivity contribution in [3.63, 3.8) is 0 Å². The van der Waals surface area contributed by atoms with Gasteiger partial charge in [-0.2, -0.15) is 0 Å². The SMILES string of the molecule is Cc1cc(CNC2CN(C(=O)OC(C)(C)C)C2)c(C)s1.